The van der Waals surface area contributed by atoms with Crippen LogP contribution in [0, 0.1) is 0 Å². The summed E-state index contributed by atoms with van der Waals surface area (Å²) >= 11 is 0.277. The molecule has 14 heavy (non-hydrogen) atoms. The first-order valence-electron chi connectivity index (χ1n) is 5.49. The van der Waals surface area contributed by atoms with Crippen LogP contribution in [0.25, 0.3) is 6.08 Å². The molecule has 0 fully saturated rings. The predicted octanol–water partition coefficient (Wildman–Crippen LogP) is 4.81. The zero-order valence-electron chi connectivity index (χ0n) is 9.42. The Kier molecular flexibility index (Phi) is 4.96. The molecule has 0 amide bonds. The summed E-state index contributed by atoms with van der Waals surface area (Å²) in [6, 6.07) is 4.33. The van der Waals surface area contributed by atoms with Crippen LogP contribution in [0.4, 0.5) is 0 Å². The van der Waals surface area contributed by atoms with E-state index in [1.54, 1.807) is 0 Å². The summed E-state index contributed by atoms with van der Waals surface area (Å²) in [5.74, 6) is 0. The van der Waals surface area contributed by atoms with Gasteiger partial charge in [0.2, 0.25) is 0 Å². The van der Waals surface area contributed by atoms with Crippen molar-refractivity contribution in [2.75, 3.05) is 0 Å². The van der Waals surface area contributed by atoms with Crippen molar-refractivity contribution in [1.29, 1.82) is 0 Å². The summed E-state index contributed by atoms with van der Waals surface area (Å²) in [6.45, 7) is 7.10. The topological polar surface area (TPSA) is 0 Å². The first kappa shape index (κ1) is 12.1. The van der Waals surface area contributed by atoms with Crippen molar-refractivity contribution in [2.45, 2.75) is 36.5 Å². The molecule has 1 aromatic rings. The van der Waals surface area contributed by atoms with Crippen LogP contribution in [0.5, 0.6) is 0 Å². The molecule has 0 aliphatic rings. The molecule has 0 saturated carbocycles. The molecule has 2 heteroatoms. The Morgan fingerprint density at radius 2 is 1.86 bits per heavy atom. The van der Waals surface area contributed by atoms with E-state index in [1.165, 1.54) is 20.6 Å². The SMILES string of the molecule is C[CH2][Ge](/[CH]=C/c1cccs1)([CH2]C)[CH2]C. The van der Waals surface area contributed by atoms with Crippen LogP contribution in [0.1, 0.15) is 25.6 Å². The van der Waals surface area contributed by atoms with E-state index < -0.39 is 13.3 Å². The van der Waals surface area contributed by atoms with Crippen LogP contribution in [0.2, 0.25) is 15.8 Å². The maximum absolute atomic E-state index is 2.59. The first-order chi connectivity index (χ1) is 6.76. The number of hydrogen-bond acceptors (Lipinski definition) is 1. The molecule has 0 radical (unpaired) electrons. The van der Waals surface area contributed by atoms with Crippen LogP contribution < -0.4 is 0 Å². The van der Waals surface area contributed by atoms with Crippen molar-refractivity contribution >= 4 is 30.7 Å². The molecule has 1 rings (SSSR count). The molecule has 0 bridgehead atoms. The van der Waals surface area contributed by atoms with Crippen molar-refractivity contribution in [3.63, 3.8) is 0 Å². The second-order valence-electron chi connectivity index (χ2n) is 3.77. The third-order valence-corrected chi connectivity index (χ3v) is 14.8. The van der Waals surface area contributed by atoms with Gasteiger partial charge in [-0.25, -0.2) is 0 Å². The molecule has 1 aromatic heterocycles. The number of rotatable bonds is 5. The van der Waals surface area contributed by atoms with Gasteiger partial charge in [-0.05, 0) is 0 Å². The minimum atomic E-state index is -1.56. The molecule has 78 valence electrons. The Balaban J connectivity index is 2.73. The standard InChI is InChI=1S/C12H20GeS/c1-4-13(5-2,6-3)10-9-12-8-7-11-14-12/h7-11H,4-6H2,1-3H3/b10-9+. The fourth-order valence-corrected chi connectivity index (χ4v) is 8.37. The van der Waals surface area contributed by atoms with Gasteiger partial charge in [0.25, 0.3) is 0 Å². The molecule has 0 saturated heterocycles. The summed E-state index contributed by atoms with van der Waals surface area (Å²) in [6.07, 6.45) is 2.36. The Hall–Kier alpha value is -0.0171. The van der Waals surface area contributed by atoms with Crippen LogP contribution in [-0.2, 0) is 0 Å². The average molecular weight is 269 g/mol. The Bertz CT molecular complexity index is 262. The van der Waals surface area contributed by atoms with Gasteiger partial charge in [0.1, 0.15) is 0 Å². The van der Waals surface area contributed by atoms with Gasteiger partial charge in [-0.3, -0.25) is 0 Å². The van der Waals surface area contributed by atoms with Gasteiger partial charge in [-0.2, -0.15) is 0 Å². The van der Waals surface area contributed by atoms with Gasteiger partial charge in [0.15, 0.2) is 0 Å². The summed E-state index contributed by atoms with van der Waals surface area (Å²) in [7, 11) is 0. The number of thiophene rings is 1. The Morgan fingerprint density at radius 1 is 1.21 bits per heavy atom. The van der Waals surface area contributed by atoms with Crippen molar-refractivity contribution in [3.05, 3.63) is 27.3 Å². The predicted molar refractivity (Wildman–Crippen MR) is 70.6 cm³/mol. The van der Waals surface area contributed by atoms with Gasteiger partial charge >= 0.3 is 94.5 Å². The van der Waals surface area contributed by atoms with Gasteiger partial charge in [-0.15, -0.1) is 0 Å². The summed E-state index contributed by atoms with van der Waals surface area (Å²) in [4.78, 5) is 4.00. The van der Waals surface area contributed by atoms with Crippen LogP contribution in [-0.4, -0.2) is 13.3 Å². The van der Waals surface area contributed by atoms with Crippen molar-refractivity contribution < 1.29 is 0 Å². The van der Waals surface area contributed by atoms with Gasteiger partial charge in [0.05, 0.1) is 0 Å². The normalized spacial score (nSPS) is 12.5. The van der Waals surface area contributed by atoms with Gasteiger partial charge in [-0.1, -0.05) is 0 Å². The molecule has 1 heterocycles. The molecular formula is C12H20GeS. The zero-order valence-corrected chi connectivity index (χ0v) is 12.3. The fourth-order valence-electron chi connectivity index (χ4n) is 1.75. The van der Waals surface area contributed by atoms with E-state index in [0.29, 0.717) is 0 Å². The van der Waals surface area contributed by atoms with Crippen LogP contribution in [0.15, 0.2) is 22.4 Å². The van der Waals surface area contributed by atoms with Crippen molar-refractivity contribution in [2.24, 2.45) is 0 Å². The second-order valence-corrected chi connectivity index (χ2v) is 15.6. The minimum absolute atomic E-state index is 1.41. The van der Waals surface area contributed by atoms with Crippen LogP contribution in [0.3, 0.4) is 0 Å². The molecule has 0 aliphatic heterocycles. The van der Waals surface area contributed by atoms with E-state index in [4.69, 9.17) is 0 Å². The molecular weight excluding hydrogens is 249 g/mol. The third-order valence-electron chi connectivity index (χ3n) is 3.26. The van der Waals surface area contributed by atoms with Gasteiger partial charge in [0, 0.05) is 0 Å². The monoisotopic (exact) mass is 270 g/mol. The molecule has 0 N–H and O–H groups in total. The van der Waals surface area contributed by atoms with E-state index in [0.717, 1.165) is 0 Å². The Morgan fingerprint density at radius 3 is 2.29 bits per heavy atom. The van der Waals surface area contributed by atoms with Gasteiger partial charge < -0.3 is 0 Å². The van der Waals surface area contributed by atoms with E-state index in [9.17, 15) is 0 Å². The van der Waals surface area contributed by atoms with Crippen molar-refractivity contribution in [3.8, 4) is 0 Å². The molecule has 0 atom stereocenters. The molecule has 0 aromatic carbocycles. The van der Waals surface area contributed by atoms with E-state index >= 15 is 0 Å². The number of hydrogen-bond donors (Lipinski definition) is 0. The van der Waals surface area contributed by atoms with E-state index in [-0.39, 0.29) is 0 Å². The fraction of sp³-hybridized carbons (Fsp3) is 0.500. The van der Waals surface area contributed by atoms with E-state index in [1.807, 2.05) is 11.3 Å². The summed E-state index contributed by atoms with van der Waals surface area (Å²) in [5, 5.41) is 6.43. The molecule has 0 spiro atoms. The quantitative estimate of drug-likeness (QED) is 0.673. The average Bonchev–Trinajstić information content (AvgIpc) is 2.74. The third kappa shape index (κ3) is 2.99. The summed E-state index contributed by atoms with van der Waals surface area (Å²) in [5.41, 5.74) is 0. The molecule has 0 nitrogen and oxygen atoms in total. The maximum atomic E-state index is 2.59. The first-order valence-corrected chi connectivity index (χ1v) is 12.0. The molecule has 0 aliphatic carbocycles. The second kappa shape index (κ2) is 5.76. The van der Waals surface area contributed by atoms with Crippen molar-refractivity contribution in [1.82, 2.24) is 0 Å². The summed E-state index contributed by atoms with van der Waals surface area (Å²) < 4.78 is 0. The molecule has 0 unspecified atom stereocenters. The Labute approximate surface area is 94.4 Å². The zero-order chi connectivity index (χ0) is 10.4. The van der Waals surface area contributed by atoms with Crippen LogP contribution >= 0.6 is 11.3 Å². The van der Waals surface area contributed by atoms with E-state index in [2.05, 4.69) is 49.3 Å².